The minimum Gasteiger partial charge on any atom is -0.480 e. The summed E-state index contributed by atoms with van der Waals surface area (Å²) < 4.78 is 26.0. The lowest BCUT2D eigenvalue weighted by Crippen LogP contribution is -2.40. The van der Waals surface area contributed by atoms with Crippen LogP contribution in [0.25, 0.3) is 0 Å². The van der Waals surface area contributed by atoms with Crippen LogP contribution in [-0.2, 0) is 14.8 Å². The summed E-state index contributed by atoms with van der Waals surface area (Å²) >= 11 is 0. The molecular formula is C11H14N2O6S. The number of carbonyl (C=O) groups is 1. The van der Waals surface area contributed by atoms with Crippen LogP contribution < -0.4 is 4.72 Å². The molecule has 0 aliphatic rings. The molecule has 0 spiro atoms. The van der Waals surface area contributed by atoms with E-state index >= 15 is 0 Å². The van der Waals surface area contributed by atoms with Crippen molar-refractivity contribution in [3.63, 3.8) is 0 Å². The molecule has 0 aliphatic carbocycles. The van der Waals surface area contributed by atoms with E-state index in [1.54, 1.807) is 6.92 Å². The Morgan fingerprint density at radius 3 is 2.65 bits per heavy atom. The highest BCUT2D eigenvalue weighted by Gasteiger charge is 2.25. The van der Waals surface area contributed by atoms with E-state index in [9.17, 15) is 23.3 Å². The van der Waals surface area contributed by atoms with Gasteiger partial charge in [0.15, 0.2) is 0 Å². The van der Waals surface area contributed by atoms with E-state index in [0.29, 0.717) is 6.42 Å². The molecule has 0 fully saturated rings. The van der Waals surface area contributed by atoms with Crippen molar-refractivity contribution in [1.82, 2.24) is 4.72 Å². The average molecular weight is 302 g/mol. The summed E-state index contributed by atoms with van der Waals surface area (Å²) in [4.78, 5) is 20.5. The number of sulfonamides is 1. The normalized spacial score (nSPS) is 12.8. The Kier molecular flexibility index (Phi) is 5.17. The first-order valence-electron chi connectivity index (χ1n) is 5.77. The molecule has 1 atom stereocenters. The first-order valence-corrected chi connectivity index (χ1v) is 7.26. The predicted molar refractivity (Wildman–Crippen MR) is 69.7 cm³/mol. The second kappa shape index (κ2) is 6.44. The molecule has 20 heavy (non-hydrogen) atoms. The number of nitrogens with zero attached hydrogens (tertiary/aromatic N) is 1. The van der Waals surface area contributed by atoms with Crippen molar-refractivity contribution in [3.8, 4) is 0 Å². The first kappa shape index (κ1) is 16.1. The fraction of sp³-hybridized carbons (Fsp3) is 0.364. The van der Waals surface area contributed by atoms with E-state index in [2.05, 4.69) is 0 Å². The number of nitro groups is 1. The van der Waals surface area contributed by atoms with Gasteiger partial charge < -0.3 is 5.11 Å². The summed E-state index contributed by atoms with van der Waals surface area (Å²) in [5.41, 5.74) is -0.379. The van der Waals surface area contributed by atoms with Gasteiger partial charge in [0.05, 0.1) is 9.82 Å². The van der Waals surface area contributed by atoms with Gasteiger partial charge >= 0.3 is 5.97 Å². The Balaban J connectivity index is 3.07. The van der Waals surface area contributed by atoms with Crippen LogP contribution in [-0.4, -0.2) is 30.5 Å². The van der Waals surface area contributed by atoms with Crippen LogP contribution in [0.1, 0.15) is 19.8 Å². The SMILES string of the molecule is CCC[C@@H](NS(=O)(=O)c1cccc([N+](=O)[O-])c1)C(=O)O. The molecular weight excluding hydrogens is 288 g/mol. The standard InChI is InChI=1S/C11H14N2O6S/c1-2-4-10(11(14)15)12-20(18,19)9-6-3-5-8(7-9)13(16)17/h3,5-7,10,12H,2,4H2,1H3,(H,14,15)/t10-/m1/s1. The highest BCUT2D eigenvalue weighted by atomic mass is 32.2. The van der Waals surface area contributed by atoms with E-state index in [-0.39, 0.29) is 17.0 Å². The van der Waals surface area contributed by atoms with Crippen molar-refractivity contribution in [2.75, 3.05) is 0 Å². The monoisotopic (exact) mass is 302 g/mol. The molecule has 0 bridgehead atoms. The van der Waals surface area contributed by atoms with Gasteiger partial charge in [-0.15, -0.1) is 0 Å². The van der Waals surface area contributed by atoms with Crippen LogP contribution in [0.3, 0.4) is 0 Å². The van der Waals surface area contributed by atoms with Gasteiger partial charge in [-0.05, 0) is 12.5 Å². The van der Waals surface area contributed by atoms with Gasteiger partial charge in [-0.3, -0.25) is 14.9 Å². The molecule has 0 radical (unpaired) electrons. The molecule has 110 valence electrons. The van der Waals surface area contributed by atoms with Crippen molar-refractivity contribution in [1.29, 1.82) is 0 Å². The molecule has 8 nitrogen and oxygen atoms in total. The molecule has 0 heterocycles. The number of hydrogen-bond acceptors (Lipinski definition) is 5. The van der Waals surface area contributed by atoms with Crippen molar-refractivity contribution in [2.45, 2.75) is 30.7 Å². The fourth-order valence-corrected chi connectivity index (χ4v) is 2.80. The Bertz CT molecular complexity index is 613. The first-order chi connectivity index (χ1) is 9.27. The van der Waals surface area contributed by atoms with E-state index < -0.39 is 27.0 Å². The smallest absolute Gasteiger partial charge is 0.321 e. The van der Waals surface area contributed by atoms with Crippen molar-refractivity contribution in [2.24, 2.45) is 0 Å². The van der Waals surface area contributed by atoms with E-state index in [4.69, 9.17) is 5.11 Å². The lowest BCUT2D eigenvalue weighted by molar-refractivity contribution is -0.385. The van der Waals surface area contributed by atoms with Crippen LogP contribution in [0.5, 0.6) is 0 Å². The topological polar surface area (TPSA) is 127 Å². The summed E-state index contributed by atoms with van der Waals surface area (Å²) in [6.45, 7) is 1.72. The van der Waals surface area contributed by atoms with Gasteiger partial charge in [-0.2, -0.15) is 4.72 Å². The minimum atomic E-state index is -4.12. The fourth-order valence-electron chi connectivity index (χ4n) is 1.54. The van der Waals surface area contributed by atoms with E-state index in [1.165, 1.54) is 12.1 Å². The lowest BCUT2D eigenvalue weighted by atomic mass is 10.2. The summed E-state index contributed by atoms with van der Waals surface area (Å²) in [5.74, 6) is -1.29. The number of hydrogen-bond donors (Lipinski definition) is 2. The third kappa shape index (κ3) is 4.00. The average Bonchev–Trinajstić information content (AvgIpc) is 2.38. The molecule has 0 aliphatic heterocycles. The molecule has 2 N–H and O–H groups in total. The number of carboxylic acids is 1. The van der Waals surface area contributed by atoms with Gasteiger partial charge in [-0.1, -0.05) is 19.4 Å². The minimum absolute atomic E-state index is 0.128. The van der Waals surface area contributed by atoms with Crippen LogP contribution in [0.15, 0.2) is 29.2 Å². The van der Waals surface area contributed by atoms with Crippen molar-refractivity contribution in [3.05, 3.63) is 34.4 Å². The Labute approximate surface area is 115 Å². The Hall–Kier alpha value is -2.00. The Morgan fingerprint density at radius 1 is 1.50 bits per heavy atom. The summed E-state index contributed by atoms with van der Waals surface area (Å²) in [7, 11) is -4.12. The van der Waals surface area contributed by atoms with Crippen molar-refractivity contribution >= 4 is 21.7 Å². The van der Waals surface area contributed by atoms with Gasteiger partial charge in [0.1, 0.15) is 6.04 Å². The maximum absolute atomic E-state index is 12.0. The van der Waals surface area contributed by atoms with Crippen molar-refractivity contribution < 1.29 is 23.2 Å². The zero-order chi connectivity index (χ0) is 15.3. The van der Waals surface area contributed by atoms with Crippen LogP contribution in [0.4, 0.5) is 5.69 Å². The summed E-state index contributed by atoms with van der Waals surface area (Å²) in [6.07, 6.45) is 0.609. The largest absolute Gasteiger partial charge is 0.480 e. The third-order valence-corrected chi connectivity index (χ3v) is 3.98. The second-order valence-electron chi connectivity index (χ2n) is 4.06. The zero-order valence-corrected chi connectivity index (χ0v) is 11.5. The molecule has 0 saturated heterocycles. The van der Waals surface area contributed by atoms with Gasteiger partial charge in [-0.25, -0.2) is 8.42 Å². The molecule has 9 heteroatoms. The number of nitro benzene ring substituents is 1. The molecule has 0 saturated carbocycles. The molecule has 0 unspecified atom stereocenters. The quantitative estimate of drug-likeness (QED) is 0.574. The Morgan fingerprint density at radius 2 is 2.15 bits per heavy atom. The van der Waals surface area contributed by atoms with Gasteiger partial charge in [0, 0.05) is 12.1 Å². The zero-order valence-electron chi connectivity index (χ0n) is 10.6. The lowest BCUT2D eigenvalue weighted by Gasteiger charge is -2.13. The number of carboxylic acid groups (broad SMARTS) is 1. The summed E-state index contributed by atoms with van der Waals surface area (Å²) in [6, 6.07) is 3.17. The highest BCUT2D eigenvalue weighted by Crippen LogP contribution is 2.17. The number of rotatable bonds is 7. The predicted octanol–water partition coefficient (Wildman–Crippen LogP) is 1.13. The van der Waals surface area contributed by atoms with Crippen LogP contribution >= 0.6 is 0 Å². The van der Waals surface area contributed by atoms with Crippen LogP contribution in [0, 0.1) is 10.1 Å². The van der Waals surface area contributed by atoms with Gasteiger partial charge in [0.25, 0.3) is 5.69 Å². The second-order valence-corrected chi connectivity index (χ2v) is 5.77. The highest BCUT2D eigenvalue weighted by molar-refractivity contribution is 7.89. The molecule has 1 rings (SSSR count). The number of benzene rings is 1. The molecule has 0 amide bonds. The van der Waals surface area contributed by atoms with Crippen LogP contribution in [0.2, 0.25) is 0 Å². The maximum Gasteiger partial charge on any atom is 0.321 e. The van der Waals surface area contributed by atoms with E-state index in [1.807, 2.05) is 4.72 Å². The van der Waals surface area contributed by atoms with Gasteiger partial charge in [0.2, 0.25) is 10.0 Å². The number of nitrogens with one attached hydrogen (secondary N) is 1. The maximum atomic E-state index is 12.0. The molecule has 1 aromatic rings. The van der Waals surface area contributed by atoms with E-state index in [0.717, 1.165) is 12.1 Å². The number of non-ortho nitro benzene ring substituents is 1. The third-order valence-electron chi connectivity index (χ3n) is 2.51. The molecule has 0 aromatic heterocycles. The number of aliphatic carboxylic acids is 1. The summed E-state index contributed by atoms with van der Waals surface area (Å²) in [5, 5.41) is 19.5. The molecule has 1 aromatic carbocycles.